The SMILES string of the molecule is O=C(N[C@H]1CCCC[C@@H]1O)c1ccc2c(c1)COC2. The highest BCUT2D eigenvalue weighted by Crippen LogP contribution is 2.22. The van der Waals surface area contributed by atoms with Gasteiger partial charge >= 0.3 is 0 Å². The van der Waals surface area contributed by atoms with Crippen molar-refractivity contribution in [2.75, 3.05) is 0 Å². The Balaban J connectivity index is 1.70. The Morgan fingerprint density at radius 2 is 2.00 bits per heavy atom. The first kappa shape index (κ1) is 12.6. The van der Waals surface area contributed by atoms with E-state index >= 15 is 0 Å². The summed E-state index contributed by atoms with van der Waals surface area (Å²) in [6, 6.07) is 5.57. The minimum absolute atomic E-state index is 0.0966. The lowest BCUT2D eigenvalue weighted by molar-refractivity contribution is 0.0717. The Morgan fingerprint density at radius 1 is 1.21 bits per heavy atom. The molecule has 1 aromatic carbocycles. The Hall–Kier alpha value is -1.39. The second-order valence-electron chi connectivity index (χ2n) is 5.41. The number of amides is 1. The third kappa shape index (κ3) is 2.65. The molecular weight excluding hydrogens is 242 g/mol. The zero-order valence-corrected chi connectivity index (χ0v) is 10.9. The number of aliphatic hydroxyl groups is 1. The third-order valence-corrected chi connectivity index (χ3v) is 4.03. The van der Waals surface area contributed by atoms with E-state index in [1.807, 2.05) is 18.2 Å². The van der Waals surface area contributed by atoms with Crippen LogP contribution >= 0.6 is 0 Å². The van der Waals surface area contributed by atoms with Gasteiger partial charge in [-0.25, -0.2) is 0 Å². The molecule has 0 saturated heterocycles. The van der Waals surface area contributed by atoms with Gasteiger partial charge in [0.15, 0.2) is 0 Å². The first-order valence-electron chi connectivity index (χ1n) is 6.92. The molecule has 3 rings (SSSR count). The second kappa shape index (κ2) is 5.31. The molecule has 1 aliphatic heterocycles. The number of ether oxygens (including phenoxy) is 1. The average Bonchev–Trinajstić information content (AvgIpc) is 2.88. The quantitative estimate of drug-likeness (QED) is 0.852. The summed E-state index contributed by atoms with van der Waals surface area (Å²) in [5.41, 5.74) is 2.91. The minimum atomic E-state index is -0.407. The van der Waals surface area contributed by atoms with E-state index in [-0.39, 0.29) is 11.9 Å². The van der Waals surface area contributed by atoms with Gasteiger partial charge in [-0.15, -0.1) is 0 Å². The smallest absolute Gasteiger partial charge is 0.251 e. The van der Waals surface area contributed by atoms with Crippen LogP contribution in [0.3, 0.4) is 0 Å². The first-order valence-corrected chi connectivity index (χ1v) is 6.92. The van der Waals surface area contributed by atoms with Gasteiger partial charge in [0, 0.05) is 5.56 Å². The van der Waals surface area contributed by atoms with E-state index in [4.69, 9.17) is 4.74 Å². The van der Waals surface area contributed by atoms with Crippen molar-refractivity contribution in [3.8, 4) is 0 Å². The summed E-state index contributed by atoms with van der Waals surface area (Å²) in [4.78, 5) is 12.2. The molecule has 0 bridgehead atoms. The summed E-state index contributed by atoms with van der Waals surface area (Å²) in [5, 5.41) is 12.8. The molecule has 19 heavy (non-hydrogen) atoms. The second-order valence-corrected chi connectivity index (χ2v) is 5.41. The van der Waals surface area contributed by atoms with Crippen LogP contribution in [0.25, 0.3) is 0 Å². The maximum Gasteiger partial charge on any atom is 0.251 e. The number of benzene rings is 1. The molecule has 4 heteroatoms. The van der Waals surface area contributed by atoms with Crippen LogP contribution < -0.4 is 5.32 Å². The minimum Gasteiger partial charge on any atom is -0.391 e. The zero-order chi connectivity index (χ0) is 13.2. The van der Waals surface area contributed by atoms with Crippen molar-refractivity contribution in [2.24, 2.45) is 0 Å². The van der Waals surface area contributed by atoms with Gasteiger partial charge in [0.2, 0.25) is 0 Å². The Morgan fingerprint density at radius 3 is 2.84 bits per heavy atom. The maximum absolute atomic E-state index is 12.2. The van der Waals surface area contributed by atoms with E-state index in [1.54, 1.807) is 0 Å². The number of nitrogens with one attached hydrogen (secondary N) is 1. The van der Waals surface area contributed by atoms with Gasteiger partial charge in [-0.1, -0.05) is 18.9 Å². The Labute approximate surface area is 112 Å². The summed E-state index contributed by atoms with van der Waals surface area (Å²) in [5.74, 6) is -0.0966. The summed E-state index contributed by atoms with van der Waals surface area (Å²) in [6.45, 7) is 1.22. The van der Waals surface area contributed by atoms with Crippen molar-refractivity contribution in [1.82, 2.24) is 5.32 Å². The van der Waals surface area contributed by atoms with Crippen molar-refractivity contribution in [3.63, 3.8) is 0 Å². The predicted octanol–water partition coefficient (Wildman–Crippen LogP) is 1.75. The van der Waals surface area contributed by atoms with Gasteiger partial charge in [0.1, 0.15) is 0 Å². The van der Waals surface area contributed by atoms with Crippen molar-refractivity contribution < 1.29 is 14.6 Å². The van der Waals surface area contributed by atoms with Crippen LogP contribution in [-0.4, -0.2) is 23.2 Å². The van der Waals surface area contributed by atoms with Crippen LogP contribution in [-0.2, 0) is 18.0 Å². The maximum atomic E-state index is 12.2. The number of aliphatic hydroxyl groups excluding tert-OH is 1. The van der Waals surface area contributed by atoms with Crippen LogP contribution in [0, 0.1) is 0 Å². The van der Waals surface area contributed by atoms with E-state index in [9.17, 15) is 9.90 Å². The standard InChI is InChI=1S/C15H19NO3/c17-14-4-2-1-3-13(14)16-15(18)10-5-6-11-8-19-9-12(11)7-10/h5-7,13-14,17H,1-4,8-9H2,(H,16,18)/t13-,14-/m0/s1. The molecule has 102 valence electrons. The molecule has 1 amide bonds. The fourth-order valence-electron chi connectivity index (χ4n) is 2.84. The third-order valence-electron chi connectivity index (χ3n) is 4.03. The summed E-state index contributed by atoms with van der Waals surface area (Å²) in [6.07, 6.45) is 3.35. The number of fused-ring (bicyclic) bond motifs is 1. The molecule has 0 unspecified atom stereocenters. The topological polar surface area (TPSA) is 58.6 Å². The van der Waals surface area contributed by atoms with E-state index in [0.29, 0.717) is 18.8 Å². The summed E-state index contributed by atoms with van der Waals surface area (Å²) >= 11 is 0. The molecule has 1 saturated carbocycles. The van der Waals surface area contributed by atoms with Crippen LogP contribution in [0.2, 0.25) is 0 Å². The Bertz CT molecular complexity index is 486. The lowest BCUT2D eigenvalue weighted by atomic mass is 9.92. The lowest BCUT2D eigenvalue weighted by Gasteiger charge is -2.28. The monoisotopic (exact) mass is 261 g/mol. The molecular formula is C15H19NO3. The summed E-state index contributed by atoms with van der Waals surface area (Å²) in [7, 11) is 0. The molecule has 2 N–H and O–H groups in total. The van der Waals surface area contributed by atoms with Crippen LogP contribution in [0.4, 0.5) is 0 Å². The van der Waals surface area contributed by atoms with Crippen molar-refractivity contribution in [2.45, 2.75) is 51.0 Å². The first-order chi connectivity index (χ1) is 9.24. The van der Waals surface area contributed by atoms with Crippen molar-refractivity contribution in [3.05, 3.63) is 34.9 Å². The predicted molar refractivity (Wildman–Crippen MR) is 70.7 cm³/mol. The van der Waals surface area contributed by atoms with Gasteiger partial charge in [-0.05, 0) is 36.1 Å². The molecule has 2 atom stereocenters. The van der Waals surface area contributed by atoms with E-state index in [2.05, 4.69) is 5.32 Å². The van der Waals surface area contributed by atoms with Gasteiger partial charge in [0.25, 0.3) is 5.91 Å². The number of rotatable bonds is 2. The van der Waals surface area contributed by atoms with Gasteiger partial charge in [-0.3, -0.25) is 4.79 Å². The van der Waals surface area contributed by atoms with Gasteiger partial charge in [-0.2, -0.15) is 0 Å². The highest BCUT2D eigenvalue weighted by Gasteiger charge is 2.25. The fourth-order valence-corrected chi connectivity index (χ4v) is 2.84. The average molecular weight is 261 g/mol. The highest BCUT2D eigenvalue weighted by molar-refractivity contribution is 5.94. The number of carbonyl (C=O) groups excluding carboxylic acids is 1. The molecule has 4 nitrogen and oxygen atoms in total. The molecule has 0 aromatic heterocycles. The molecule has 1 heterocycles. The molecule has 1 aliphatic carbocycles. The molecule has 2 aliphatic rings. The molecule has 0 spiro atoms. The number of hydrogen-bond donors (Lipinski definition) is 2. The number of carbonyl (C=O) groups is 1. The summed E-state index contributed by atoms with van der Waals surface area (Å²) < 4.78 is 5.34. The van der Waals surface area contributed by atoms with Crippen LogP contribution in [0.1, 0.15) is 47.2 Å². The highest BCUT2D eigenvalue weighted by atomic mass is 16.5. The largest absolute Gasteiger partial charge is 0.391 e. The van der Waals surface area contributed by atoms with Crippen molar-refractivity contribution >= 4 is 5.91 Å². The van der Waals surface area contributed by atoms with Gasteiger partial charge in [0.05, 0.1) is 25.4 Å². The molecule has 1 aromatic rings. The molecule has 0 radical (unpaired) electrons. The fraction of sp³-hybridized carbons (Fsp3) is 0.533. The lowest BCUT2D eigenvalue weighted by Crippen LogP contribution is -2.45. The van der Waals surface area contributed by atoms with Crippen LogP contribution in [0.5, 0.6) is 0 Å². The normalized spacial score (nSPS) is 25.9. The van der Waals surface area contributed by atoms with E-state index < -0.39 is 6.10 Å². The zero-order valence-electron chi connectivity index (χ0n) is 10.9. The van der Waals surface area contributed by atoms with Crippen molar-refractivity contribution in [1.29, 1.82) is 0 Å². The van der Waals surface area contributed by atoms with Gasteiger partial charge < -0.3 is 15.2 Å². The number of hydrogen-bond acceptors (Lipinski definition) is 3. The Kier molecular flexibility index (Phi) is 3.53. The van der Waals surface area contributed by atoms with Crippen LogP contribution in [0.15, 0.2) is 18.2 Å². The van der Waals surface area contributed by atoms with E-state index in [0.717, 1.165) is 36.8 Å². The molecule has 1 fully saturated rings. The van der Waals surface area contributed by atoms with E-state index in [1.165, 1.54) is 0 Å².